The monoisotopic (exact) mass is 250 g/mol. The SMILES string of the molecule is Cn1cnc(-c2nnnn2CC(C)(C)C(=O)O)c1. The molecule has 2 aromatic heterocycles. The predicted molar refractivity (Wildman–Crippen MR) is 61.4 cm³/mol. The van der Waals surface area contributed by atoms with Gasteiger partial charge in [-0.1, -0.05) is 0 Å². The van der Waals surface area contributed by atoms with Gasteiger partial charge in [0.15, 0.2) is 0 Å². The van der Waals surface area contributed by atoms with Crippen LogP contribution in [-0.4, -0.2) is 40.8 Å². The molecule has 0 aliphatic rings. The van der Waals surface area contributed by atoms with Crippen LogP contribution in [0.15, 0.2) is 12.5 Å². The number of aromatic nitrogens is 6. The third kappa shape index (κ3) is 2.22. The van der Waals surface area contributed by atoms with E-state index in [4.69, 9.17) is 5.11 Å². The van der Waals surface area contributed by atoms with Gasteiger partial charge in [-0.3, -0.25) is 4.79 Å². The summed E-state index contributed by atoms with van der Waals surface area (Å²) in [5.74, 6) is -0.435. The third-order valence-electron chi connectivity index (χ3n) is 2.59. The molecule has 96 valence electrons. The fourth-order valence-electron chi connectivity index (χ4n) is 1.46. The number of hydrogen-bond acceptors (Lipinski definition) is 5. The minimum absolute atomic E-state index is 0.182. The number of rotatable bonds is 4. The first kappa shape index (κ1) is 12.2. The van der Waals surface area contributed by atoms with Gasteiger partial charge in [0, 0.05) is 13.2 Å². The van der Waals surface area contributed by atoms with Crippen LogP contribution in [0.1, 0.15) is 13.8 Å². The number of nitrogens with zero attached hydrogens (tertiary/aromatic N) is 6. The lowest BCUT2D eigenvalue weighted by atomic mass is 9.94. The highest BCUT2D eigenvalue weighted by molar-refractivity contribution is 5.73. The molecule has 0 aromatic carbocycles. The van der Waals surface area contributed by atoms with Crippen LogP contribution in [0, 0.1) is 5.41 Å². The quantitative estimate of drug-likeness (QED) is 0.831. The van der Waals surface area contributed by atoms with Crippen LogP contribution in [0.2, 0.25) is 0 Å². The second-order valence-corrected chi connectivity index (χ2v) is 4.77. The number of hydrogen-bond donors (Lipinski definition) is 1. The Hall–Kier alpha value is -2.25. The molecule has 0 bridgehead atoms. The Balaban J connectivity index is 2.32. The van der Waals surface area contributed by atoms with Crippen molar-refractivity contribution in [1.82, 2.24) is 29.8 Å². The Labute approximate surface area is 103 Å². The largest absolute Gasteiger partial charge is 0.481 e. The van der Waals surface area contributed by atoms with Crippen molar-refractivity contribution in [3.63, 3.8) is 0 Å². The highest BCUT2D eigenvalue weighted by Crippen LogP contribution is 2.21. The van der Waals surface area contributed by atoms with Crippen molar-refractivity contribution < 1.29 is 9.90 Å². The van der Waals surface area contributed by atoms with Gasteiger partial charge in [0.1, 0.15) is 5.69 Å². The standard InChI is InChI=1S/C10H14N6O2/c1-10(2,9(17)18)5-16-8(12-13-14-16)7-4-15(3)6-11-7/h4,6H,5H2,1-3H3,(H,17,18). The molecule has 0 aliphatic carbocycles. The number of imidazole rings is 1. The van der Waals surface area contributed by atoms with Crippen molar-refractivity contribution in [1.29, 1.82) is 0 Å². The van der Waals surface area contributed by atoms with Crippen molar-refractivity contribution in [2.24, 2.45) is 12.5 Å². The summed E-state index contributed by atoms with van der Waals surface area (Å²) in [6, 6.07) is 0. The number of carboxylic acid groups (broad SMARTS) is 1. The van der Waals surface area contributed by atoms with Gasteiger partial charge < -0.3 is 9.67 Å². The van der Waals surface area contributed by atoms with Crippen molar-refractivity contribution in [2.45, 2.75) is 20.4 Å². The molecule has 0 fully saturated rings. The van der Waals surface area contributed by atoms with Gasteiger partial charge in [-0.2, -0.15) is 0 Å². The Morgan fingerprint density at radius 1 is 1.50 bits per heavy atom. The van der Waals surface area contributed by atoms with E-state index >= 15 is 0 Å². The molecular weight excluding hydrogens is 236 g/mol. The molecular formula is C10H14N6O2. The van der Waals surface area contributed by atoms with E-state index in [1.165, 1.54) is 4.68 Å². The van der Waals surface area contributed by atoms with Crippen LogP contribution in [-0.2, 0) is 18.4 Å². The van der Waals surface area contributed by atoms with Gasteiger partial charge in [0.25, 0.3) is 0 Å². The van der Waals surface area contributed by atoms with Crippen molar-refractivity contribution in [3.05, 3.63) is 12.5 Å². The summed E-state index contributed by atoms with van der Waals surface area (Å²) in [4.78, 5) is 15.2. The average Bonchev–Trinajstić information content (AvgIpc) is 2.86. The van der Waals surface area contributed by atoms with Crippen LogP contribution in [0.5, 0.6) is 0 Å². The minimum Gasteiger partial charge on any atom is -0.481 e. The van der Waals surface area contributed by atoms with E-state index in [0.717, 1.165) is 0 Å². The van der Waals surface area contributed by atoms with Crippen LogP contribution in [0.4, 0.5) is 0 Å². The molecule has 8 heteroatoms. The maximum Gasteiger partial charge on any atom is 0.310 e. The molecule has 0 aliphatic heterocycles. The lowest BCUT2D eigenvalue weighted by Gasteiger charge is -2.18. The Kier molecular flexibility index (Phi) is 2.85. The predicted octanol–water partition coefficient (Wildman–Crippen LogP) is 0.184. The molecule has 2 heterocycles. The Morgan fingerprint density at radius 2 is 2.22 bits per heavy atom. The van der Waals surface area contributed by atoms with Gasteiger partial charge in [0.2, 0.25) is 5.82 Å². The minimum atomic E-state index is -0.946. The van der Waals surface area contributed by atoms with Crippen LogP contribution < -0.4 is 0 Å². The fourth-order valence-corrected chi connectivity index (χ4v) is 1.46. The van der Waals surface area contributed by atoms with Gasteiger partial charge in [-0.05, 0) is 24.3 Å². The van der Waals surface area contributed by atoms with Crippen molar-refractivity contribution in [3.8, 4) is 11.5 Å². The summed E-state index contributed by atoms with van der Waals surface area (Å²) in [6.45, 7) is 3.43. The van der Waals surface area contributed by atoms with Crippen molar-refractivity contribution in [2.75, 3.05) is 0 Å². The van der Waals surface area contributed by atoms with E-state index in [9.17, 15) is 4.79 Å². The Morgan fingerprint density at radius 3 is 2.78 bits per heavy atom. The highest BCUT2D eigenvalue weighted by Gasteiger charge is 2.29. The van der Waals surface area contributed by atoms with Gasteiger partial charge in [-0.15, -0.1) is 5.10 Å². The van der Waals surface area contributed by atoms with Crippen LogP contribution in [0.25, 0.3) is 11.5 Å². The van der Waals surface area contributed by atoms with E-state index in [-0.39, 0.29) is 6.54 Å². The fraction of sp³-hybridized carbons (Fsp3) is 0.500. The first-order valence-electron chi connectivity index (χ1n) is 5.38. The van der Waals surface area contributed by atoms with Gasteiger partial charge in [-0.25, -0.2) is 9.67 Å². The lowest BCUT2D eigenvalue weighted by Crippen LogP contribution is -2.30. The molecule has 0 radical (unpaired) electrons. The first-order valence-corrected chi connectivity index (χ1v) is 5.38. The van der Waals surface area contributed by atoms with Crippen LogP contribution >= 0.6 is 0 Å². The number of carbonyl (C=O) groups is 1. The summed E-state index contributed by atoms with van der Waals surface area (Å²) in [5.41, 5.74) is -0.331. The zero-order chi connectivity index (χ0) is 13.3. The summed E-state index contributed by atoms with van der Waals surface area (Å²) in [6.07, 6.45) is 3.41. The summed E-state index contributed by atoms with van der Waals surface area (Å²) in [5, 5.41) is 20.4. The van der Waals surface area contributed by atoms with E-state index in [1.807, 2.05) is 7.05 Å². The van der Waals surface area contributed by atoms with Crippen molar-refractivity contribution >= 4 is 5.97 Å². The molecule has 0 spiro atoms. The zero-order valence-electron chi connectivity index (χ0n) is 10.4. The van der Waals surface area contributed by atoms with E-state index in [2.05, 4.69) is 20.5 Å². The summed E-state index contributed by atoms with van der Waals surface area (Å²) in [7, 11) is 1.84. The number of aliphatic carboxylic acids is 1. The number of carboxylic acids is 1. The van der Waals surface area contributed by atoms with E-state index in [0.29, 0.717) is 11.5 Å². The molecule has 2 aromatic rings. The molecule has 8 nitrogen and oxygen atoms in total. The normalized spacial score (nSPS) is 11.7. The average molecular weight is 250 g/mol. The summed E-state index contributed by atoms with van der Waals surface area (Å²) >= 11 is 0. The second kappa shape index (κ2) is 4.21. The molecule has 2 rings (SSSR count). The third-order valence-corrected chi connectivity index (χ3v) is 2.59. The molecule has 0 saturated heterocycles. The second-order valence-electron chi connectivity index (χ2n) is 4.77. The number of tetrazole rings is 1. The maximum absolute atomic E-state index is 11.1. The van der Waals surface area contributed by atoms with Gasteiger partial charge >= 0.3 is 5.97 Å². The number of aryl methyl sites for hydroxylation is 1. The lowest BCUT2D eigenvalue weighted by molar-refractivity contribution is -0.147. The smallest absolute Gasteiger partial charge is 0.310 e. The molecule has 0 atom stereocenters. The van der Waals surface area contributed by atoms with Crippen LogP contribution in [0.3, 0.4) is 0 Å². The topological polar surface area (TPSA) is 98.7 Å². The molecule has 0 unspecified atom stereocenters. The van der Waals surface area contributed by atoms with E-state index < -0.39 is 11.4 Å². The Bertz CT molecular complexity index is 570. The van der Waals surface area contributed by atoms with Gasteiger partial charge in [0.05, 0.1) is 18.3 Å². The molecule has 0 amide bonds. The molecule has 1 N–H and O–H groups in total. The zero-order valence-corrected chi connectivity index (χ0v) is 10.4. The first-order chi connectivity index (χ1) is 8.40. The highest BCUT2D eigenvalue weighted by atomic mass is 16.4. The molecule has 0 saturated carbocycles. The van der Waals surface area contributed by atoms with E-state index in [1.54, 1.807) is 30.9 Å². The summed E-state index contributed by atoms with van der Waals surface area (Å²) < 4.78 is 3.23. The maximum atomic E-state index is 11.1. The molecule has 18 heavy (non-hydrogen) atoms.